The second-order valence-electron chi connectivity index (χ2n) is 6.73. The first kappa shape index (κ1) is 21.1. The molecule has 1 heterocycles. The zero-order valence-electron chi connectivity index (χ0n) is 16.2. The van der Waals surface area contributed by atoms with E-state index in [1.165, 1.54) is 18.2 Å². The molecule has 1 N–H and O–H groups in total. The van der Waals surface area contributed by atoms with Crippen LogP contribution in [0.5, 0.6) is 0 Å². The maximum absolute atomic E-state index is 12.7. The first-order valence-electron chi connectivity index (χ1n) is 9.11. The highest BCUT2D eigenvalue weighted by molar-refractivity contribution is 6.31. The molecule has 4 amide bonds. The average molecular weight is 388 g/mol. The van der Waals surface area contributed by atoms with Gasteiger partial charge in [0.05, 0.1) is 4.92 Å². The molecule has 0 bridgehead atoms. The number of hydrogen-bond donors (Lipinski definition) is 1. The summed E-state index contributed by atoms with van der Waals surface area (Å²) in [6.07, 6.45) is 4.82. The minimum absolute atomic E-state index is 0.159. The number of carbonyl (C=O) groups excluding carboxylic acids is 3. The molecule has 1 aliphatic heterocycles. The zero-order chi connectivity index (χ0) is 20.8. The molecule has 1 aromatic rings. The molecule has 0 radical (unpaired) electrons. The Labute approximate surface area is 163 Å². The van der Waals surface area contributed by atoms with Crippen LogP contribution >= 0.6 is 0 Å². The summed E-state index contributed by atoms with van der Waals surface area (Å²) in [5.74, 6) is -1.50. The first-order valence-corrected chi connectivity index (χ1v) is 9.11. The van der Waals surface area contributed by atoms with E-state index in [4.69, 9.17) is 0 Å². The first-order chi connectivity index (χ1) is 13.3. The van der Waals surface area contributed by atoms with Crippen LogP contribution in [-0.2, 0) is 9.59 Å². The van der Waals surface area contributed by atoms with Crippen molar-refractivity contribution in [3.05, 3.63) is 39.4 Å². The number of unbranched alkanes of at least 4 members (excludes halogenated alkanes) is 3. The smallest absolute Gasteiger partial charge is 0.331 e. The van der Waals surface area contributed by atoms with Crippen molar-refractivity contribution in [1.29, 1.82) is 0 Å². The number of nitro benzene ring substituents is 1. The zero-order valence-corrected chi connectivity index (χ0v) is 16.2. The molecule has 1 fully saturated rings. The quantitative estimate of drug-likeness (QED) is 0.241. The average Bonchev–Trinajstić information content (AvgIpc) is 2.64. The van der Waals surface area contributed by atoms with Crippen molar-refractivity contribution in [3.63, 3.8) is 0 Å². The predicted molar refractivity (Wildman–Crippen MR) is 105 cm³/mol. The number of amides is 4. The van der Waals surface area contributed by atoms with Gasteiger partial charge < -0.3 is 4.90 Å². The van der Waals surface area contributed by atoms with E-state index in [0.717, 1.165) is 24.2 Å². The van der Waals surface area contributed by atoms with Crippen molar-refractivity contribution in [1.82, 2.24) is 10.2 Å². The molecule has 1 aliphatic rings. The highest BCUT2D eigenvalue weighted by Crippen LogP contribution is 2.27. The summed E-state index contributed by atoms with van der Waals surface area (Å²) in [5.41, 5.74) is 0.565. The summed E-state index contributed by atoms with van der Waals surface area (Å²) in [7, 11) is 3.49. The third kappa shape index (κ3) is 4.73. The maximum Gasteiger partial charge on any atom is 0.331 e. The highest BCUT2D eigenvalue weighted by atomic mass is 16.6. The fourth-order valence-corrected chi connectivity index (χ4v) is 2.93. The van der Waals surface area contributed by atoms with Crippen molar-refractivity contribution in [2.75, 3.05) is 25.5 Å². The number of urea groups is 1. The van der Waals surface area contributed by atoms with Gasteiger partial charge in [-0.1, -0.05) is 26.2 Å². The molecule has 1 aromatic carbocycles. The number of anilines is 1. The lowest BCUT2D eigenvalue weighted by Gasteiger charge is -2.26. The number of carbonyl (C=O) groups is 3. The minimum atomic E-state index is -0.809. The molecule has 0 aromatic heterocycles. The van der Waals surface area contributed by atoms with Gasteiger partial charge in [0.25, 0.3) is 17.5 Å². The van der Waals surface area contributed by atoms with Crippen LogP contribution in [0.1, 0.15) is 38.2 Å². The van der Waals surface area contributed by atoms with Crippen molar-refractivity contribution in [2.45, 2.75) is 32.6 Å². The van der Waals surface area contributed by atoms with E-state index >= 15 is 0 Å². The van der Waals surface area contributed by atoms with E-state index in [1.807, 2.05) is 0 Å². The minimum Gasteiger partial charge on any atom is -0.377 e. The second-order valence-corrected chi connectivity index (χ2v) is 6.73. The molecular formula is C19H24N4O5. The van der Waals surface area contributed by atoms with Crippen LogP contribution in [0.25, 0.3) is 6.08 Å². The van der Waals surface area contributed by atoms with Crippen molar-refractivity contribution in [2.24, 2.45) is 0 Å². The van der Waals surface area contributed by atoms with Gasteiger partial charge in [-0.2, -0.15) is 0 Å². The molecule has 2 rings (SSSR count). The summed E-state index contributed by atoms with van der Waals surface area (Å²) < 4.78 is 0. The molecular weight excluding hydrogens is 364 g/mol. The van der Waals surface area contributed by atoms with Gasteiger partial charge in [0, 0.05) is 44.0 Å². The molecule has 0 aliphatic carbocycles. The van der Waals surface area contributed by atoms with Gasteiger partial charge in [0.2, 0.25) is 0 Å². The molecule has 0 atom stereocenters. The third-order valence-electron chi connectivity index (χ3n) is 4.42. The van der Waals surface area contributed by atoms with Gasteiger partial charge in [0.1, 0.15) is 5.57 Å². The molecule has 0 unspecified atom stereocenters. The standard InChI is InChI=1S/C19H24N4O5/c1-4-5-6-7-10-22-18(25)15(17(24)20-19(22)26)12-13-11-14(23(27)28)8-9-16(13)21(2)3/h8-9,11-12H,4-7,10H2,1-3H3,(H,20,24,26)/b15-12-. The largest absolute Gasteiger partial charge is 0.377 e. The van der Waals surface area contributed by atoms with E-state index in [1.54, 1.807) is 25.1 Å². The fourth-order valence-electron chi connectivity index (χ4n) is 2.93. The lowest BCUT2D eigenvalue weighted by molar-refractivity contribution is -0.384. The second kappa shape index (κ2) is 9.12. The van der Waals surface area contributed by atoms with Gasteiger partial charge >= 0.3 is 6.03 Å². The third-order valence-corrected chi connectivity index (χ3v) is 4.42. The fraction of sp³-hybridized carbons (Fsp3) is 0.421. The SMILES string of the molecule is CCCCCCN1C(=O)NC(=O)/C(=C/c2cc([N+](=O)[O-])ccc2N(C)C)C1=O. The number of nitrogens with zero attached hydrogens (tertiary/aromatic N) is 3. The summed E-state index contributed by atoms with van der Waals surface area (Å²) in [6.45, 7) is 2.27. The van der Waals surface area contributed by atoms with Crippen molar-refractivity contribution in [3.8, 4) is 0 Å². The normalized spacial score (nSPS) is 15.8. The molecule has 28 heavy (non-hydrogen) atoms. The Morgan fingerprint density at radius 3 is 2.50 bits per heavy atom. The van der Waals surface area contributed by atoms with Gasteiger partial charge in [0.15, 0.2) is 0 Å². The van der Waals surface area contributed by atoms with E-state index in [-0.39, 0.29) is 17.8 Å². The highest BCUT2D eigenvalue weighted by Gasteiger charge is 2.35. The number of barbiturate groups is 1. The Hall–Kier alpha value is -3.23. The molecule has 150 valence electrons. The van der Waals surface area contributed by atoms with Gasteiger partial charge in [-0.3, -0.25) is 29.9 Å². The lowest BCUT2D eigenvalue weighted by Crippen LogP contribution is -2.54. The molecule has 1 saturated heterocycles. The number of rotatable bonds is 8. The number of imide groups is 2. The van der Waals surface area contributed by atoms with E-state index in [2.05, 4.69) is 12.2 Å². The summed E-state index contributed by atoms with van der Waals surface area (Å²) in [6, 6.07) is 3.45. The van der Waals surface area contributed by atoms with Crippen LogP contribution in [-0.4, -0.2) is 48.3 Å². The Morgan fingerprint density at radius 2 is 1.89 bits per heavy atom. The number of nitrogens with one attached hydrogen (secondary N) is 1. The van der Waals surface area contributed by atoms with Gasteiger partial charge in [-0.15, -0.1) is 0 Å². The van der Waals surface area contributed by atoms with Crippen LogP contribution in [0.3, 0.4) is 0 Å². The lowest BCUT2D eigenvalue weighted by atomic mass is 10.0. The van der Waals surface area contributed by atoms with Crippen LogP contribution < -0.4 is 10.2 Å². The van der Waals surface area contributed by atoms with Gasteiger partial charge in [-0.25, -0.2) is 4.79 Å². The number of benzene rings is 1. The van der Waals surface area contributed by atoms with Crippen LogP contribution in [0.4, 0.5) is 16.2 Å². The van der Waals surface area contributed by atoms with E-state index < -0.39 is 22.8 Å². The van der Waals surface area contributed by atoms with E-state index in [0.29, 0.717) is 17.7 Å². The Kier molecular flexibility index (Phi) is 6.86. The Morgan fingerprint density at radius 1 is 1.18 bits per heavy atom. The van der Waals surface area contributed by atoms with Crippen molar-refractivity contribution < 1.29 is 19.3 Å². The number of non-ortho nitro benzene ring substituents is 1. The predicted octanol–water partition coefficient (Wildman–Crippen LogP) is 2.70. The molecule has 0 saturated carbocycles. The van der Waals surface area contributed by atoms with Gasteiger partial charge in [-0.05, 0) is 18.6 Å². The van der Waals surface area contributed by atoms with E-state index in [9.17, 15) is 24.5 Å². The summed E-state index contributed by atoms with van der Waals surface area (Å²) >= 11 is 0. The Bertz CT molecular complexity index is 832. The molecule has 9 heteroatoms. The van der Waals surface area contributed by atoms with Crippen LogP contribution in [0.2, 0.25) is 0 Å². The number of nitro groups is 1. The maximum atomic E-state index is 12.7. The van der Waals surface area contributed by atoms with Crippen LogP contribution in [0, 0.1) is 10.1 Å². The topological polar surface area (TPSA) is 113 Å². The molecule has 0 spiro atoms. The van der Waals surface area contributed by atoms with Crippen molar-refractivity contribution >= 4 is 35.3 Å². The monoisotopic (exact) mass is 388 g/mol. The number of hydrogen-bond acceptors (Lipinski definition) is 6. The Balaban J connectivity index is 2.38. The molecule has 9 nitrogen and oxygen atoms in total. The van der Waals surface area contributed by atoms with Crippen LogP contribution in [0.15, 0.2) is 23.8 Å². The summed E-state index contributed by atoms with van der Waals surface area (Å²) in [4.78, 5) is 50.3. The summed E-state index contributed by atoms with van der Waals surface area (Å²) in [5, 5.41) is 13.3.